The lowest BCUT2D eigenvalue weighted by atomic mass is 9.94. The van der Waals surface area contributed by atoms with Crippen molar-refractivity contribution in [2.24, 2.45) is 5.92 Å². The maximum absolute atomic E-state index is 13.5. The summed E-state index contributed by atoms with van der Waals surface area (Å²) >= 11 is 0. The highest BCUT2D eigenvalue weighted by Gasteiger charge is 2.32. The first-order valence-electron chi connectivity index (χ1n) is 14.0. The molecule has 0 unspecified atom stereocenters. The molecule has 0 saturated carbocycles. The van der Waals surface area contributed by atoms with Crippen molar-refractivity contribution in [3.8, 4) is 0 Å². The molecule has 2 aliphatic heterocycles. The number of anilines is 1. The number of amides is 3. The fraction of sp³-hybridized carbons (Fsp3) is 0.516. The Morgan fingerprint density at radius 3 is 2.27 bits per heavy atom. The third kappa shape index (κ3) is 7.38. The molecule has 0 bridgehead atoms. The Morgan fingerprint density at radius 1 is 1.00 bits per heavy atom. The molecule has 8 nitrogen and oxygen atoms in total. The quantitative estimate of drug-likeness (QED) is 0.534. The number of hydrogen-bond donors (Lipinski definition) is 0. The summed E-state index contributed by atoms with van der Waals surface area (Å²) in [4.78, 5) is 45.9. The molecule has 2 fully saturated rings. The zero-order valence-corrected chi connectivity index (χ0v) is 24.2. The number of ether oxygens (including phenoxy) is 1. The Labute approximate surface area is 236 Å². The number of piperazine rings is 1. The van der Waals surface area contributed by atoms with Gasteiger partial charge in [-0.2, -0.15) is 0 Å². The number of rotatable bonds is 5. The molecule has 0 radical (unpaired) electrons. The lowest BCUT2D eigenvalue weighted by molar-refractivity contribution is -0.123. The molecule has 2 aliphatic rings. The van der Waals surface area contributed by atoms with Crippen molar-refractivity contribution < 1.29 is 23.5 Å². The fourth-order valence-corrected chi connectivity index (χ4v) is 5.39. The van der Waals surface area contributed by atoms with Gasteiger partial charge in [0, 0.05) is 69.5 Å². The third-order valence-corrected chi connectivity index (χ3v) is 7.60. The number of likely N-dealkylation sites (tertiary alicyclic amines) is 1. The van der Waals surface area contributed by atoms with E-state index in [4.69, 9.17) is 4.74 Å². The highest BCUT2D eigenvalue weighted by Crippen LogP contribution is 2.25. The average Bonchev–Trinajstić information content (AvgIpc) is 2.91. The molecular weight excluding hydrogens is 511 g/mol. The van der Waals surface area contributed by atoms with Crippen molar-refractivity contribution >= 4 is 23.6 Å². The lowest BCUT2D eigenvalue weighted by Gasteiger charge is -2.40. The first-order chi connectivity index (χ1) is 18.9. The minimum absolute atomic E-state index is 0.0395. The molecular formula is C31H41FN4O4. The number of carbonyl (C=O) groups excluding carboxylic acids is 3. The van der Waals surface area contributed by atoms with E-state index in [0.717, 1.165) is 30.9 Å². The minimum Gasteiger partial charge on any atom is -0.444 e. The van der Waals surface area contributed by atoms with Crippen LogP contribution < -0.4 is 4.90 Å². The summed E-state index contributed by atoms with van der Waals surface area (Å²) < 4.78 is 19.1. The van der Waals surface area contributed by atoms with Gasteiger partial charge < -0.3 is 19.4 Å². The van der Waals surface area contributed by atoms with Crippen LogP contribution in [-0.2, 0) is 16.1 Å². The van der Waals surface area contributed by atoms with E-state index in [1.54, 1.807) is 27.8 Å². The maximum Gasteiger partial charge on any atom is 0.410 e. The van der Waals surface area contributed by atoms with Gasteiger partial charge in [0.05, 0.1) is 0 Å². The van der Waals surface area contributed by atoms with Crippen molar-refractivity contribution in [3.05, 3.63) is 65.5 Å². The topological polar surface area (TPSA) is 73.4 Å². The molecule has 1 atom stereocenters. The van der Waals surface area contributed by atoms with Crippen LogP contribution in [0.4, 0.5) is 14.9 Å². The van der Waals surface area contributed by atoms with Crippen LogP contribution in [0.15, 0.2) is 48.5 Å². The predicted octanol–water partition coefficient (Wildman–Crippen LogP) is 4.78. The predicted molar refractivity (Wildman–Crippen MR) is 153 cm³/mol. The Balaban J connectivity index is 1.26. The van der Waals surface area contributed by atoms with E-state index in [-0.39, 0.29) is 29.9 Å². The largest absolute Gasteiger partial charge is 0.444 e. The molecule has 2 aromatic carbocycles. The van der Waals surface area contributed by atoms with Crippen molar-refractivity contribution in [2.45, 2.75) is 58.7 Å². The highest BCUT2D eigenvalue weighted by molar-refractivity contribution is 5.96. The zero-order chi connectivity index (χ0) is 29.0. The molecule has 0 spiro atoms. The summed E-state index contributed by atoms with van der Waals surface area (Å²) in [5, 5.41) is 0. The number of halogens is 1. The van der Waals surface area contributed by atoms with Crippen LogP contribution in [0.5, 0.6) is 0 Å². The molecule has 2 aromatic rings. The maximum atomic E-state index is 13.5. The number of hydrogen-bond acceptors (Lipinski definition) is 5. The third-order valence-electron chi connectivity index (χ3n) is 7.60. The Kier molecular flexibility index (Phi) is 9.13. The fourth-order valence-electron chi connectivity index (χ4n) is 5.39. The first kappa shape index (κ1) is 29.5. The summed E-state index contributed by atoms with van der Waals surface area (Å²) in [6.45, 7) is 11.5. The summed E-state index contributed by atoms with van der Waals surface area (Å²) in [6, 6.07) is 13.8. The second-order valence-corrected chi connectivity index (χ2v) is 11.9. The van der Waals surface area contributed by atoms with Crippen LogP contribution in [0.2, 0.25) is 0 Å². The van der Waals surface area contributed by atoms with Gasteiger partial charge in [-0.3, -0.25) is 14.5 Å². The van der Waals surface area contributed by atoms with Gasteiger partial charge in [-0.25, -0.2) is 9.18 Å². The van der Waals surface area contributed by atoms with Crippen molar-refractivity contribution in [1.82, 2.24) is 14.7 Å². The average molecular weight is 553 g/mol. The summed E-state index contributed by atoms with van der Waals surface area (Å²) in [5.74, 6) is -0.754. The number of nitrogens with zero attached hydrogens (tertiary/aromatic N) is 4. The summed E-state index contributed by atoms with van der Waals surface area (Å²) in [7, 11) is 1.79. The van der Waals surface area contributed by atoms with Crippen LogP contribution in [-0.4, -0.2) is 84.0 Å². The van der Waals surface area contributed by atoms with Crippen molar-refractivity contribution in [1.29, 1.82) is 0 Å². The molecule has 0 aromatic heterocycles. The Hall–Kier alpha value is -3.46. The molecule has 4 rings (SSSR count). The first-order valence-corrected chi connectivity index (χ1v) is 14.0. The molecule has 216 valence electrons. The monoisotopic (exact) mass is 552 g/mol. The van der Waals surface area contributed by atoms with Crippen LogP contribution in [0.3, 0.4) is 0 Å². The lowest BCUT2D eigenvalue weighted by Crippen LogP contribution is -2.54. The van der Waals surface area contributed by atoms with E-state index in [2.05, 4.69) is 4.90 Å². The normalized spacial score (nSPS) is 18.9. The molecule has 2 heterocycles. The minimum atomic E-state index is -0.509. The van der Waals surface area contributed by atoms with E-state index in [0.29, 0.717) is 38.0 Å². The van der Waals surface area contributed by atoms with Crippen LogP contribution in [0.1, 0.15) is 56.5 Å². The summed E-state index contributed by atoms with van der Waals surface area (Å²) in [6.07, 6.45) is 0.895. The van der Waals surface area contributed by atoms with Gasteiger partial charge in [-0.05, 0) is 76.4 Å². The standard InChI is InChI=1S/C31H41FN4O4/c1-22-20-34(17-18-36(22)30(39)40-31(2,3)4)21-23-9-11-27(12-10-23)33(5)28(37)24-13-15-35(16-14-24)29(38)25-7-6-8-26(32)19-25/h6-12,19,22,24H,13-18,20-21H2,1-5H3/t22-/m0/s1. The van der Waals surface area contributed by atoms with Crippen LogP contribution in [0.25, 0.3) is 0 Å². The van der Waals surface area contributed by atoms with Gasteiger partial charge in [0.1, 0.15) is 11.4 Å². The molecule has 2 saturated heterocycles. The summed E-state index contributed by atoms with van der Waals surface area (Å²) in [5.41, 5.74) is 1.80. The van der Waals surface area contributed by atoms with E-state index in [1.165, 1.54) is 18.2 Å². The number of piperidine rings is 1. The van der Waals surface area contributed by atoms with E-state index in [9.17, 15) is 18.8 Å². The Morgan fingerprint density at radius 2 is 1.68 bits per heavy atom. The number of benzene rings is 2. The number of carbonyl (C=O) groups is 3. The molecule has 40 heavy (non-hydrogen) atoms. The van der Waals surface area contributed by atoms with Crippen LogP contribution >= 0.6 is 0 Å². The second kappa shape index (κ2) is 12.4. The van der Waals surface area contributed by atoms with Crippen molar-refractivity contribution in [2.75, 3.05) is 44.7 Å². The van der Waals surface area contributed by atoms with Gasteiger partial charge in [0.25, 0.3) is 5.91 Å². The molecule has 9 heteroatoms. The van der Waals surface area contributed by atoms with E-state index in [1.807, 2.05) is 52.0 Å². The highest BCUT2D eigenvalue weighted by atomic mass is 19.1. The van der Waals surface area contributed by atoms with E-state index >= 15 is 0 Å². The van der Waals surface area contributed by atoms with Crippen molar-refractivity contribution in [3.63, 3.8) is 0 Å². The second-order valence-electron chi connectivity index (χ2n) is 11.9. The van der Waals surface area contributed by atoms with Gasteiger partial charge in [-0.1, -0.05) is 18.2 Å². The smallest absolute Gasteiger partial charge is 0.410 e. The van der Waals surface area contributed by atoms with Gasteiger partial charge >= 0.3 is 6.09 Å². The van der Waals surface area contributed by atoms with Crippen LogP contribution in [0, 0.1) is 11.7 Å². The molecule has 0 N–H and O–H groups in total. The Bertz CT molecular complexity index is 1200. The molecule has 3 amide bonds. The zero-order valence-electron chi connectivity index (χ0n) is 24.2. The van der Waals surface area contributed by atoms with Gasteiger partial charge in [-0.15, -0.1) is 0 Å². The van der Waals surface area contributed by atoms with Gasteiger partial charge in [0.2, 0.25) is 5.91 Å². The van der Waals surface area contributed by atoms with E-state index < -0.39 is 11.4 Å². The SMILES string of the molecule is C[C@H]1CN(Cc2ccc(N(C)C(=O)C3CCN(C(=O)c4cccc(F)c4)CC3)cc2)CCN1C(=O)OC(C)(C)C. The van der Waals surface area contributed by atoms with Gasteiger partial charge in [0.15, 0.2) is 0 Å². The molecule has 0 aliphatic carbocycles.